The highest BCUT2D eigenvalue weighted by molar-refractivity contribution is 5.88. The third kappa shape index (κ3) is 2.62. The minimum Gasteiger partial charge on any atom is -0.486 e. The summed E-state index contributed by atoms with van der Waals surface area (Å²) in [7, 11) is 3.66. The average molecular weight is 483 g/mol. The zero-order valence-electron chi connectivity index (χ0n) is 21.3. The number of fused-ring (bicyclic) bond motifs is 12. The Kier molecular flexibility index (Phi) is 4.11. The fourth-order valence-corrected chi connectivity index (χ4v) is 7.60. The van der Waals surface area contributed by atoms with Crippen LogP contribution in [0.5, 0.6) is 11.5 Å². The van der Waals surface area contributed by atoms with E-state index in [-0.39, 0.29) is 28.9 Å². The molecule has 6 nitrogen and oxygen atoms in total. The fourth-order valence-electron chi connectivity index (χ4n) is 7.60. The summed E-state index contributed by atoms with van der Waals surface area (Å²) in [5.41, 5.74) is 2.06. The molecule has 0 unspecified atom stereocenters. The molecule has 2 aliphatic heterocycles. The van der Waals surface area contributed by atoms with E-state index < -0.39 is 11.2 Å². The molecular formula is C30H30N2O4. The molecule has 0 spiro atoms. The molecule has 0 saturated heterocycles. The minimum absolute atomic E-state index is 0.0237. The Balaban J connectivity index is 1.54. The summed E-state index contributed by atoms with van der Waals surface area (Å²) in [5, 5.41) is 1.91. The van der Waals surface area contributed by atoms with Gasteiger partial charge in [-0.05, 0) is 57.9 Å². The zero-order valence-corrected chi connectivity index (χ0v) is 21.3. The lowest BCUT2D eigenvalue weighted by atomic mass is 9.56. The molecule has 7 rings (SSSR count). The van der Waals surface area contributed by atoms with Crippen LogP contribution in [0.15, 0.2) is 58.1 Å². The largest absolute Gasteiger partial charge is 0.486 e. The van der Waals surface area contributed by atoms with Crippen LogP contribution < -0.4 is 20.6 Å². The topological polar surface area (TPSA) is 62.5 Å². The number of ether oxygens (including phenoxy) is 2. The molecular weight excluding hydrogens is 452 g/mol. The standard InChI is InChI=1S/C30H30N2O4/c1-29(2)24-18(22-25(35-29)16-10-6-8-12-20(16)31(4)27(22)33)14-30(3)15-19(24)23-26(36-30)17-11-7-9-13-21(17)32(5)28(23)34/h6-13,18-19,24H,14-15H2,1-5H3/t18-,19+,24+,30-/m0/s1. The predicted molar refractivity (Wildman–Crippen MR) is 140 cm³/mol. The summed E-state index contributed by atoms with van der Waals surface area (Å²) in [5.74, 6) is 1.19. The van der Waals surface area contributed by atoms with Gasteiger partial charge in [0.15, 0.2) is 0 Å². The second-order valence-electron chi connectivity index (χ2n) is 11.7. The van der Waals surface area contributed by atoms with E-state index in [2.05, 4.69) is 20.8 Å². The lowest BCUT2D eigenvalue weighted by molar-refractivity contribution is -0.0798. The number of pyridine rings is 2. The first-order valence-electron chi connectivity index (χ1n) is 12.7. The summed E-state index contributed by atoms with van der Waals surface area (Å²) in [6, 6.07) is 15.9. The van der Waals surface area contributed by atoms with Crippen molar-refractivity contribution in [1.29, 1.82) is 0 Å². The van der Waals surface area contributed by atoms with Crippen LogP contribution in [0.25, 0.3) is 21.8 Å². The number of hydrogen-bond acceptors (Lipinski definition) is 4. The highest BCUT2D eigenvalue weighted by Gasteiger charge is 2.59. The Morgan fingerprint density at radius 1 is 0.722 bits per heavy atom. The summed E-state index contributed by atoms with van der Waals surface area (Å²) in [6.45, 7) is 6.37. The average Bonchev–Trinajstić information content (AvgIpc) is 2.84. The van der Waals surface area contributed by atoms with Gasteiger partial charge in [-0.3, -0.25) is 9.59 Å². The first-order valence-corrected chi connectivity index (χ1v) is 12.7. The van der Waals surface area contributed by atoms with Gasteiger partial charge < -0.3 is 18.6 Å². The SMILES string of the molecule is Cn1c(=O)c2c(c3ccccc31)O[C@]1(C)C[C@H]2[C@H]2[C@@H](C1)c1c(c3ccccc3n(C)c1=O)OC2(C)C. The second kappa shape index (κ2) is 6.81. The maximum absolute atomic E-state index is 13.8. The van der Waals surface area contributed by atoms with E-state index in [1.54, 1.807) is 9.13 Å². The van der Waals surface area contributed by atoms with Gasteiger partial charge in [-0.15, -0.1) is 0 Å². The van der Waals surface area contributed by atoms with Gasteiger partial charge in [0, 0.05) is 42.6 Å². The summed E-state index contributed by atoms with van der Waals surface area (Å²) in [6.07, 6.45) is 1.43. The zero-order chi connectivity index (χ0) is 25.1. The lowest BCUT2D eigenvalue weighted by Gasteiger charge is -2.57. The molecule has 2 bridgehead atoms. The van der Waals surface area contributed by atoms with Crippen LogP contribution in [0.4, 0.5) is 0 Å². The van der Waals surface area contributed by atoms with Gasteiger partial charge in [-0.1, -0.05) is 24.3 Å². The molecule has 4 aromatic rings. The van der Waals surface area contributed by atoms with Crippen LogP contribution in [0.2, 0.25) is 0 Å². The van der Waals surface area contributed by atoms with Crippen LogP contribution >= 0.6 is 0 Å². The maximum atomic E-state index is 13.8. The molecule has 184 valence electrons. The van der Waals surface area contributed by atoms with Crippen molar-refractivity contribution in [2.45, 2.75) is 56.7 Å². The summed E-state index contributed by atoms with van der Waals surface area (Å²) >= 11 is 0. The van der Waals surface area contributed by atoms with E-state index in [1.807, 2.05) is 62.6 Å². The normalized spacial score (nSPS) is 27.5. The molecule has 1 fully saturated rings. The van der Waals surface area contributed by atoms with Crippen LogP contribution in [0.3, 0.4) is 0 Å². The van der Waals surface area contributed by atoms with Gasteiger partial charge >= 0.3 is 0 Å². The number of aromatic nitrogens is 2. The van der Waals surface area contributed by atoms with E-state index >= 15 is 0 Å². The Morgan fingerprint density at radius 3 is 1.67 bits per heavy atom. The van der Waals surface area contributed by atoms with E-state index in [0.717, 1.165) is 39.4 Å². The molecule has 2 aromatic carbocycles. The van der Waals surface area contributed by atoms with Crippen LogP contribution in [0, 0.1) is 5.92 Å². The van der Waals surface area contributed by atoms with E-state index in [9.17, 15) is 9.59 Å². The highest BCUT2D eigenvalue weighted by Crippen LogP contribution is 2.62. The molecule has 1 aliphatic carbocycles. The van der Waals surface area contributed by atoms with E-state index in [1.165, 1.54) is 0 Å². The van der Waals surface area contributed by atoms with Crippen LogP contribution in [-0.2, 0) is 14.1 Å². The quantitative estimate of drug-likeness (QED) is 0.354. The van der Waals surface area contributed by atoms with Crippen molar-refractivity contribution in [2.24, 2.45) is 20.0 Å². The van der Waals surface area contributed by atoms with Gasteiger partial charge in [0.25, 0.3) is 11.1 Å². The molecule has 0 amide bonds. The first-order chi connectivity index (χ1) is 17.1. The number of aryl methyl sites for hydroxylation is 2. The number of nitrogens with zero attached hydrogens (tertiary/aromatic N) is 2. The number of hydrogen-bond donors (Lipinski definition) is 0. The molecule has 36 heavy (non-hydrogen) atoms. The predicted octanol–water partition coefficient (Wildman–Crippen LogP) is 4.99. The van der Waals surface area contributed by atoms with Crippen molar-refractivity contribution >= 4 is 21.8 Å². The van der Waals surface area contributed by atoms with Crippen molar-refractivity contribution < 1.29 is 9.47 Å². The molecule has 0 N–H and O–H groups in total. The first kappa shape index (κ1) is 21.7. The second-order valence-corrected chi connectivity index (χ2v) is 11.7. The molecule has 6 heteroatoms. The van der Waals surface area contributed by atoms with Crippen molar-refractivity contribution in [3.8, 4) is 11.5 Å². The van der Waals surface area contributed by atoms with Crippen LogP contribution in [0.1, 0.15) is 56.6 Å². The van der Waals surface area contributed by atoms with Gasteiger partial charge in [0.1, 0.15) is 22.7 Å². The molecule has 2 aromatic heterocycles. The third-order valence-electron chi connectivity index (χ3n) is 9.01. The van der Waals surface area contributed by atoms with Crippen molar-refractivity contribution in [3.63, 3.8) is 0 Å². The Labute approximate surface area is 209 Å². The molecule has 4 atom stereocenters. The smallest absolute Gasteiger partial charge is 0.258 e. The van der Waals surface area contributed by atoms with Crippen molar-refractivity contribution in [1.82, 2.24) is 9.13 Å². The van der Waals surface area contributed by atoms with Gasteiger partial charge in [-0.2, -0.15) is 0 Å². The van der Waals surface area contributed by atoms with Crippen LogP contribution in [-0.4, -0.2) is 20.3 Å². The Morgan fingerprint density at radius 2 is 1.17 bits per heavy atom. The van der Waals surface area contributed by atoms with Gasteiger partial charge in [0.05, 0.1) is 22.2 Å². The monoisotopic (exact) mass is 482 g/mol. The number of rotatable bonds is 0. The van der Waals surface area contributed by atoms with E-state index in [0.29, 0.717) is 17.9 Å². The molecule has 4 heterocycles. The summed E-state index contributed by atoms with van der Waals surface area (Å²) < 4.78 is 17.0. The van der Waals surface area contributed by atoms with E-state index in [4.69, 9.17) is 9.47 Å². The number of benzene rings is 2. The molecule has 1 saturated carbocycles. The minimum atomic E-state index is -0.579. The molecule has 0 radical (unpaired) electrons. The third-order valence-corrected chi connectivity index (χ3v) is 9.01. The number of para-hydroxylation sites is 2. The van der Waals surface area contributed by atoms with Gasteiger partial charge in [0.2, 0.25) is 0 Å². The molecule has 3 aliphatic rings. The van der Waals surface area contributed by atoms with Gasteiger partial charge in [-0.25, -0.2) is 0 Å². The van der Waals surface area contributed by atoms with Crippen molar-refractivity contribution in [2.75, 3.05) is 0 Å². The highest BCUT2D eigenvalue weighted by atomic mass is 16.5. The Hall–Kier alpha value is -3.54. The fraction of sp³-hybridized carbons (Fsp3) is 0.400. The lowest BCUT2D eigenvalue weighted by Crippen LogP contribution is -2.58. The maximum Gasteiger partial charge on any atom is 0.258 e. The summed E-state index contributed by atoms with van der Waals surface area (Å²) in [4.78, 5) is 27.7. The van der Waals surface area contributed by atoms with Crippen molar-refractivity contribution in [3.05, 3.63) is 80.4 Å². The Bertz CT molecular complexity index is 1630.